The van der Waals surface area contributed by atoms with Crippen LogP contribution < -0.4 is 10.9 Å². The van der Waals surface area contributed by atoms with Gasteiger partial charge in [-0.2, -0.15) is 10.2 Å². The Bertz CT molecular complexity index is 1320. The van der Waals surface area contributed by atoms with Crippen LogP contribution in [0.15, 0.2) is 59.4 Å². The molecule has 1 amide bonds. The lowest BCUT2D eigenvalue weighted by atomic mass is 10.1. The Hall–Kier alpha value is -3.74. The van der Waals surface area contributed by atoms with Gasteiger partial charge in [-0.3, -0.25) is 9.59 Å². The standard InChI is InChI=1S/C24H25N5O2/c1-5-20(23(30)25-19-14-10-9-11-15(19)2)29-24(31)21-17(4)28(18-12-7-6-8-13-18)27-22(21)16(3)26-29/h6-14,20H,5H2,1-4H3,(H,25,30)/t20-/m0/s1. The van der Waals surface area contributed by atoms with Crippen LogP contribution in [0, 0.1) is 20.8 Å². The van der Waals surface area contributed by atoms with Crippen molar-refractivity contribution in [1.29, 1.82) is 0 Å². The Morgan fingerprint density at radius 1 is 1.00 bits per heavy atom. The van der Waals surface area contributed by atoms with Gasteiger partial charge >= 0.3 is 0 Å². The first-order valence-corrected chi connectivity index (χ1v) is 10.3. The molecule has 0 unspecified atom stereocenters. The number of fused-ring (bicyclic) bond motifs is 1. The predicted octanol–water partition coefficient (Wildman–Crippen LogP) is 4.10. The quantitative estimate of drug-likeness (QED) is 0.532. The van der Waals surface area contributed by atoms with Crippen LogP contribution in [-0.2, 0) is 4.79 Å². The number of nitrogens with zero attached hydrogens (tertiary/aromatic N) is 4. The fourth-order valence-electron chi connectivity index (χ4n) is 3.81. The second-order valence-electron chi connectivity index (χ2n) is 7.62. The second-order valence-corrected chi connectivity index (χ2v) is 7.62. The summed E-state index contributed by atoms with van der Waals surface area (Å²) >= 11 is 0. The Labute approximate surface area is 180 Å². The van der Waals surface area contributed by atoms with Crippen molar-refractivity contribution in [1.82, 2.24) is 19.6 Å². The molecule has 2 aromatic heterocycles. The Morgan fingerprint density at radius 2 is 1.68 bits per heavy atom. The number of anilines is 1. The van der Waals surface area contributed by atoms with Crippen molar-refractivity contribution in [3.05, 3.63) is 81.9 Å². The molecule has 31 heavy (non-hydrogen) atoms. The molecular weight excluding hydrogens is 390 g/mol. The average molecular weight is 415 g/mol. The number of hydrogen-bond donors (Lipinski definition) is 1. The molecule has 4 rings (SSSR count). The maximum Gasteiger partial charge on any atom is 0.278 e. The highest BCUT2D eigenvalue weighted by Crippen LogP contribution is 2.22. The first-order chi connectivity index (χ1) is 14.9. The molecule has 7 nitrogen and oxygen atoms in total. The number of aromatic nitrogens is 4. The van der Waals surface area contributed by atoms with Crippen LogP contribution in [0.5, 0.6) is 0 Å². The van der Waals surface area contributed by atoms with E-state index in [0.29, 0.717) is 23.0 Å². The van der Waals surface area contributed by atoms with Crippen molar-refractivity contribution in [3.8, 4) is 5.69 Å². The summed E-state index contributed by atoms with van der Waals surface area (Å²) in [5.74, 6) is -0.266. The van der Waals surface area contributed by atoms with Gasteiger partial charge in [-0.05, 0) is 51.0 Å². The van der Waals surface area contributed by atoms with Crippen molar-refractivity contribution in [3.63, 3.8) is 0 Å². The summed E-state index contributed by atoms with van der Waals surface area (Å²) in [5.41, 5.74) is 4.12. The third-order valence-electron chi connectivity index (χ3n) is 5.53. The van der Waals surface area contributed by atoms with E-state index in [9.17, 15) is 9.59 Å². The van der Waals surface area contributed by atoms with Gasteiger partial charge in [0.1, 0.15) is 11.6 Å². The lowest BCUT2D eigenvalue weighted by molar-refractivity contribution is -0.119. The smallest absolute Gasteiger partial charge is 0.278 e. The largest absolute Gasteiger partial charge is 0.324 e. The topological polar surface area (TPSA) is 81.8 Å². The van der Waals surface area contributed by atoms with Crippen LogP contribution in [0.4, 0.5) is 5.69 Å². The molecule has 0 saturated heterocycles. The summed E-state index contributed by atoms with van der Waals surface area (Å²) < 4.78 is 3.05. The zero-order valence-electron chi connectivity index (χ0n) is 18.1. The number of amides is 1. The number of hydrogen-bond acceptors (Lipinski definition) is 4. The molecule has 0 fully saturated rings. The van der Waals surface area contributed by atoms with Gasteiger partial charge in [0.15, 0.2) is 0 Å². The molecule has 0 bridgehead atoms. The van der Waals surface area contributed by atoms with Crippen LogP contribution in [-0.4, -0.2) is 25.5 Å². The van der Waals surface area contributed by atoms with Crippen LogP contribution >= 0.6 is 0 Å². The van der Waals surface area contributed by atoms with E-state index in [1.165, 1.54) is 4.68 Å². The van der Waals surface area contributed by atoms with E-state index >= 15 is 0 Å². The first-order valence-electron chi connectivity index (χ1n) is 10.3. The first kappa shape index (κ1) is 20.5. The summed E-state index contributed by atoms with van der Waals surface area (Å²) in [4.78, 5) is 26.5. The maximum atomic E-state index is 13.4. The lowest BCUT2D eigenvalue weighted by Gasteiger charge is -2.18. The molecule has 0 radical (unpaired) electrons. The van der Waals surface area contributed by atoms with Crippen LogP contribution in [0.2, 0.25) is 0 Å². The van der Waals surface area contributed by atoms with Crippen LogP contribution in [0.3, 0.4) is 0 Å². The van der Waals surface area contributed by atoms with Crippen molar-refractivity contribution in [2.45, 2.75) is 40.2 Å². The van der Waals surface area contributed by atoms with E-state index < -0.39 is 6.04 Å². The molecular formula is C24H25N5O2. The SMILES string of the molecule is CC[C@@H](C(=O)Nc1ccccc1C)n1nc(C)c2nn(-c3ccccc3)c(C)c2c1=O. The number of carbonyl (C=O) groups is 1. The molecule has 2 heterocycles. The molecule has 0 saturated carbocycles. The normalized spacial score (nSPS) is 12.1. The summed E-state index contributed by atoms with van der Waals surface area (Å²) in [6, 6.07) is 16.5. The number of para-hydroxylation sites is 2. The molecule has 0 spiro atoms. The second kappa shape index (κ2) is 8.18. The summed E-state index contributed by atoms with van der Waals surface area (Å²) in [7, 11) is 0. The van der Waals surface area contributed by atoms with Crippen LogP contribution in [0.1, 0.15) is 36.3 Å². The van der Waals surface area contributed by atoms with E-state index in [2.05, 4.69) is 15.5 Å². The number of rotatable bonds is 5. The van der Waals surface area contributed by atoms with E-state index in [0.717, 1.165) is 22.6 Å². The molecule has 2 aromatic carbocycles. The van der Waals surface area contributed by atoms with Gasteiger partial charge in [0.05, 0.1) is 22.5 Å². The third-order valence-corrected chi connectivity index (χ3v) is 5.53. The average Bonchev–Trinajstić information content (AvgIpc) is 3.12. The van der Waals surface area contributed by atoms with Gasteiger partial charge in [0, 0.05) is 5.69 Å². The maximum absolute atomic E-state index is 13.4. The molecule has 1 atom stereocenters. The molecule has 1 N–H and O–H groups in total. The minimum absolute atomic E-state index is 0.266. The van der Waals surface area contributed by atoms with Gasteiger partial charge in [0.25, 0.3) is 5.56 Å². The Kier molecular flexibility index (Phi) is 5.42. The van der Waals surface area contributed by atoms with E-state index in [1.54, 1.807) is 4.68 Å². The van der Waals surface area contributed by atoms with E-state index in [1.807, 2.05) is 82.3 Å². The minimum atomic E-state index is -0.727. The molecule has 4 aromatic rings. The summed E-state index contributed by atoms with van der Waals surface area (Å²) in [5, 5.41) is 12.5. The molecule has 158 valence electrons. The van der Waals surface area contributed by atoms with Gasteiger partial charge < -0.3 is 5.32 Å². The highest BCUT2D eigenvalue weighted by atomic mass is 16.2. The molecule has 0 aliphatic carbocycles. The van der Waals surface area contributed by atoms with Crippen molar-refractivity contribution < 1.29 is 4.79 Å². The van der Waals surface area contributed by atoms with Gasteiger partial charge in [-0.1, -0.05) is 43.3 Å². The van der Waals surface area contributed by atoms with Crippen LogP contribution in [0.25, 0.3) is 16.6 Å². The Balaban J connectivity index is 1.81. The number of nitrogens with one attached hydrogen (secondary N) is 1. The van der Waals surface area contributed by atoms with Gasteiger partial charge in [0.2, 0.25) is 5.91 Å². The third kappa shape index (κ3) is 3.63. The monoisotopic (exact) mass is 415 g/mol. The molecule has 0 aliphatic rings. The van der Waals surface area contributed by atoms with Crippen molar-refractivity contribution in [2.75, 3.05) is 5.32 Å². The molecule has 7 heteroatoms. The number of carbonyl (C=O) groups excluding carboxylic acids is 1. The fraction of sp³-hybridized carbons (Fsp3) is 0.250. The minimum Gasteiger partial charge on any atom is -0.324 e. The van der Waals surface area contributed by atoms with E-state index in [-0.39, 0.29) is 11.5 Å². The van der Waals surface area contributed by atoms with Crippen molar-refractivity contribution >= 4 is 22.5 Å². The zero-order chi connectivity index (χ0) is 22.1. The predicted molar refractivity (Wildman–Crippen MR) is 122 cm³/mol. The number of aryl methyl sites for hydroxylation is 3. The summed E-state index contributed by atoms with van der Waals surface area (Å²) in [6.07, 6.45) is 0.432. The summed E-state index contributed by atoms with van der Waals surface area (Å²) in [6.45, 7) is 7.47. The highest BCUT2D eigenvalue weighted by molar-refractivity contribution is 5.94. The zero-order valence-corrected chi connectivity index (χ0v) is 18.1. The number of benzene rings is 2. The highest BCUT2D eigenvalue weighted by Gasteiger charge is 2.25. The fourth-order valence-corrected chi connectivity index (χ4v) is 3.81. The Morgan fingerprint density at radius 3 is 2.35 bits per heavy atom. The van der Waals surface area contributed by atoms with Gasteiger partial charge in [-0.15, -0.1) is 0 Å². The lowest BCUT2D eigenvalue weighted by Crippen LogP contribution is -2.35. The molecule has 0 aliphatic heterocycles. The van der Waals surface area contributed by atoms with Crippen molar-refractivity contribution in [2.24, 2.45) is 0 Å². The van der Waals surface area contributed by atoms with Gasteiger partial charge in [-0.25, -0.2) is 9.36 Å². The van der Waals surface area contributed by atoms with E-state index in [4.69, 9.17) is 0 Å².